The lowest BCUT2D eigenvalue weighted by molar-refractivity contribution is -0.114. The molecule has 2 unspecified atom stereocenters. The van der Waals surface area contributed by atoms with Crippen molar-refractivity contribution >= 4 is 29.0 Å². The van der Waals surface area contributed by atoms with E-state index in [4.69, 9.17) is 11.5 Å². The number of carbonyl (C=O) groups is 2. The van der Waals surface area contributed by atoms with E-state index in [1.165, 1.54) is 12.0 Å². The number of fused-ring (bicyclic) bond motifs is 1. The number of ketones is 2. The second kappa shape index (κ2) is 6.26. The van der Waals surface area contributed by atoms with Crippen LogP contribution in [0.3, 0.4) is 0 Å². The zero-order chi connectivity index (χ0) is 15.7. The predicted octanol–water partition coefficient (Wildman–Crippen LogP) is 2.68. The molecule has 4 N–H and O–H groups in total. The van der Waals surface area contributed by atoms with Gasteiger partial charge in [0.1, 0.15) is 0 Å². The van der Waals surface area contributed by atoms with Crippen molar-refractivity contribution in [3.05, 3.63) is 41.0 Å². The van der Waals surface area contributed by atoms with Gasteiger partial charge in [-0.25, -0.2) is 0 Å². The molecule has 2 atom stereocenters. The molecule has 4 nitrogen and oxygen atoms in total. The first-order chi connectivity index (χ1) is 10.6. The average molecular weight is 316 g/mol. The molecule has 1 aliphatic carbocycles. The maximum Gasteiger partial charge on any atom is 0.170 e. The van der Waals surface area contributed by atoms with Crippen LogP contribution in [-0.2, 0) is 4.79 Å². The summed E-state index contributed by atoms with van der Waals surface area (Å²) in [5.41, 5.74) is 14.8. The maximum atomic E-state index is 12.6. The Hall–Kier alpha value is -1.59. The van der Waals surface area contributed by atoms with Crippen LogP contribution >= 0.6 is 11.8 Å². The van der Waals surface area contributed by atoms with Gasteiger partial charge in [-0.05, 0) is 49.1 Å². The minimum Gasteiger partial charge on any atom is -0.399 e. The lowest BCUT2D eigenvalue weighted by atomic mass is 9.88. The number of thioether (sulfide) groups is 1. The molecule has 1 fully saturated rings. The normalized spacial score (nSPS) is 24.2. The molecule has 3 rings (SSSR count). The van der Waals surface area contributed by atoms with Crippen molar-refractivity contribution in [2.75, 3.05) is 5.73 Å². The predicted molar refractivity (Wildman–Crippen MR) is 89.7 cm³/mol. The number of nitrogen functional groups attached to an aromatic ring is 1. The van der Waals surface area contributed by atoms with Crippen molar-refractivity contribution in [1.82, 2.24) is 0 Å². The molecule has 1 aliphatic heterocycles. The number of rotatable bonds is 4. The van der Waals surface area contributed by atoms with E-state index in [0.29, 0.717) is 22.1 Å². The van der Waals surface area contributed by atoms with E-state index in [2.05, 4.69) is 0 Å². The number of benzene rings is 1. The van der Waals surface area contributed by atoms with Gasteiger partial charge in [-0.2, -0.15) is 0 Å². The number of hydrogen-bond donors (Lipinski definition) is 2. The molecule has 0 spiro atoms. The Balaban J connectivity index is 1.76. The third-order valence-corrected chi connectivity index (χ3v) is 5.72. The van der Waals surface area contributed by atoms with Crippen LogP contribution in [0.2, 0.25) is 0 Å². The average Bonchev–Trinajstić information content (AvgIpc) is 2.83. The van der Waals surface area contributed by atoms with Gasteiger partial charge in [-0.3, -0.25) is 9.59 Å². The van der Waals surface area contributed by atoms with Gasteiger partial charge < -0.3 is 11.5 Å². The van der Waals surface area contributed by atoms with Gasteiger partial charge >= 0.3 is 0 Å². The summed E-state index contributed by atoms with van der Waals surface area (Å²) in [5, 5.41) is 0.110. The second-order valence-corrected chi connectivity index (χ2v) is 7.22. The topological polar surface area (TPSA) is 86.2 Å². The molecule has 2 aliphatic rings. The van der Waals surface area contributed by atoms with Crippen molar-refractivity contribution < 1.29 is 9.59 Å². The van der Waals surface area contributed by atoms with Crippen LogP contribution in [0.4, 0.5) is 5.69 Å². The number of hydrogen-bond acceptors (Lipinski definition) is 5. The first-order valence-electron chi connectivity index (χ1n) is 7.62. The quantitative estimate of drug-likeness (QED) is 0.507. The van der Waals surface area contributed by atoms with E-state index >= 15 is 0 Å². The molecular formula is C17H20N2O2S. The molecule has 22 heavy (non-hydrogen) atoms. The highest BCUT2D eigenvalue weighted by molar-refractivity contribution is 8.01. The molecule has 1 saturated carbocycles. The van der Waals surface area contributed by atoms with Gasteiger partial charge in [0.15, 0.2) is 11.6 Å². The standard InChI is InChI=1S/C17H20N2O2S/c18-11-7-5-10(6-8-11)13(20)9-14(21)16-12-3-1-2-4-15(12)22-17(16)19/h5-8,15,17H,1-4,9,18-19H2. The highest BCUT2D eigenvalue weighted by Crippen LogP contribution is 2.44. The Kier molecular flexibility index (Phi) is 4.36. The number of Topliss-reactive ketones (excluding diaryl/α,β-unsaturated/α-hetero) is 2. The SMILES string of the molecule is Nc1ccc(C(=O)CC(=O)C2=C3CCCCC3SC2N)cc1. The fourth-order valence-corrected chi connectivity index (χ4v) is 4.70. The molecule has 0 bridgehead atoms. The molecular weight excluding hydrogens is 296 g/mol. The summed E-state index contributed by atoms with van der Waals surface area (Å²) in [7, 11) is 0. The Bertz CT molecular complexity index is 637. The van der Waals surface area contributed by atoms with E-state index in [1.807, 2.05) is 0 Å². The van der Waals surface area contributed by atoms with Gasteiger partial charge in [-0.1, -0.05) is 6.42 Å². The smallest absolute Gasteiger partial charge is 0.170 e. The van der Waals surface area contributed by atoms with Crippen LogP contribution in [0.25, 0.3) is 0 Å². The van der Waals surface area contributed by atoms with E-state index in [0.717, 1.165) is 19.3 Å². The molecule has 116 valence electrons. The summed E-state index contributed by atoms with van der Waals surface area (Å²) in [6.45, 7) is 0. The van der Waals surface area contributed by atoms with Crippen molar-refractivity contribution in [3.63, 3.8) is 0 Å². The first kappa shape index (κ1) is 15.3. The number of nitrogens with two attached hydrogens (primary N) is 2. The third-order valence-electron chi connectivity index (χ3n) is 4.35. The lowest BCUT2D eigenvalue weighted by Crippen LogP contribution is -2.23. The monoisotopic (exact) mass is 316 g/mol. The molecule has 0 saturated heterocycles. The summed E-state index contributed by atoms with van der Waals surface area (Å²) in [4.78, 5) is 24.8. The highest BCUT2D eigenvalue weighted by Gasteiger charge is 2.37. The molecule has 1 aromatic rings. The summed E-state index contributed by atoms with van der Waals surface area (Å²) in [6.07, 6.45) is 4.24. The maximum absolute atomic E-state index is 12.6. The van der Waals surface area contributed by atoms with E-state index in [-0.39, 0.29) is 23.4 Å². The molecule has 0 amide bonds. The third kappa shape index (κ3) is 2.96. The van der Waals surface area contributed by atoms with Crippen LogP contribution in [-0.4, -0.2) is 22.2 Å². The minimum absolute atomic E-state index is 0.107. The molecule has 0 radical (unpaired) electrons. The van der Waals surface area contributed by atoms with Crippen molar-refractivity contribution in [2.24, 2.45) is 5.73 Å². The lowest BCUT2D eigenvalue weighted by Gasteiger charge is -2.19. The number of carbonyl (C=O) groups excluding carboxylic acids is 2. The first-order valence-corrected chi connectivity index (χ1v) is 8.56. The summed E-state index contributed by atoms with van der Waals surface area (Å²) in [6, 6.07) is 6.67. The Morgan fingerprint density at radius 1 is 1.14 bits per heavy atom. The zero-order valence-corrected chi connectivity index (χ0v) is 13.2. The van der Waals surface area contributed by atoms with E-state index in [9.17, 15) is 9.59 Å². The minimum atomic E-state index is -0.273. The highest BCUT2D eigenvalue weighted by atomic mass is 32.2. The van der Waals surface area contributed by atoms with Crippen molar-refractivity contribution in [2.45, 2.75) is 42.7 Å². The van der Waals surface area contributed by atoms with E-state index in [1.54, 1.807) is 36.0 Å². The van der Waals surface area contributed by atoms with Crippen molar-refractivity contribution in [1.29, 1.82) is 0 Å². The summed E-state index contributed by atoms with van der Waals surface area (Å²) in [5.74, 6) is -0.282. The van der Waals surface area contributed by atoms with Crippen LogP contribution < -0.4 is 11.5 Å². The van der Waals surface area contributed by atoms with Crippen molar-refractivity contribution in [3.8, 4) is 0 Å². The number of anilines is 1. The van der Waals surface area contributed by atoms with Crippen LogP contribution in [0.5, 0.6) is 0 Å². The Morgan fingerprint density at radius 3 is 2.59 bits per heavy atom. The Labute approximate surface area is 134 Å². The summed E-state index contributed by atoms with van der Waals surface area (Å²) >= 11 is 1.67. The Morgan fingerprint density at radius 2 is 1.86 bits per heavy atom. The van der Waals surface area contributed by atoms with Gasteiger partial charge in [-0.15, -0.1) is 11.8 Å². The molecule has 1 aromatic carbocycles. The van der Waals surface area contributed by atoms with Crippen LogP contribution in [0.15, 0.2) is 35.4 Å². The molecule has 5 heteroatoms. The van der Waals surface area contributed by atoms with Crippen LogP contribution in [0, 0.1) is 0 Å². The van der Waals surface area contributed by atoms with Gasteiger partial charge in [0, 0.05) is 22.1 Å². The fraction of sp³-hybridized carbons (Fsp3) is 0.412. The second-order valence-electron chi connectivity index (χ2n) is 5.88. The zero-order valence-electron chi connectivity index (χ0n) is 12.4. The van der Waals surface area contributed by atoms with Gasteiger partial charge in [0.2, 0.25) is 0 Å². The summed E-state index contributed by atoms with van der Waals surface area (Å²) < 4.78 is 0. The van der Waals surface area contributed by atoms with E-state index < -0.39 is 0 Å². The largest absolute Gasteiger partial charge is 0.399 e. The van der Waals surface area contributed by atoms with Gasteiger partial charge in [0.25, 0.3) is 0 Å². The molecule has 0 aromatic heterocycles. The van der Waals surface area contributed by atoms with Gasteiger partial charge in [0.05, 0.1) is 11.8 Å². The fourth-order valence-electron chi connectivity index (χ4n) is 3.22. The van der Waals surface area contributed by atoms with Crippen LogP contribution in [0.1, 0.15) is 42.5 Å². The molecule has 1 heterocycles.